The first kappa shape index (κ1) is 13.2. The van der Waals surface area contributed by atoms with E-state index in [1.54, 1.807) is 6.07 Å². The summed E-state index contributed by atoms with van der Waals surface area (Å²) in [4.78, 5) is 0.483. The molecule has 0 bridgehead atoms. The maximum atomic E-state index is 13.2. The molecule has 2 aromatic rings. The van der Waals surface area contributed by atoms with Gasteiger partial charge in [0, 0.05) is 4.90 Å². The lowest BCUT2D eigenvalue weighted by atomic mass is 10.2. The van der Waals surface area contributed by atoms with Crippen molar-refractivity contribution in [3.63, 3.8) is 0 Å². The highest BCUT2D eigenvalue weighted by Crippen LogP contribution is 2.22. The normalized spacial score (nSPS) is 12.4. The Kier molecular flexibility index (Phi) is 4.09. The summed E-state index contributed by atoms with van der Waals surface area (Å²) in [6.45, 7) is 0. The predicted molar refractivity (Wildman–Crippen MR) is 67.9 cm³/mol. The molecule has 2 rings (SSSR count). The Bertz CT molecular complexity index is 584. The lowest BCUT2D eigenvalue weighted by molar-refractivity contribution is 0.626. The molecule has 0 aromatic heterocycles. The maximum absolute atomic E-state index is 13.2. The van der Waals surface area contributed by atoms with Gasteiger partial charge >= 0.3 is 0 Å². The average molecular weight is 287 g/mol. The molecule has 0 aliphatic rings. The van der Waals surface area contributed by atoms with E-state index in [0.29, 0.717) is 10.5 Å². The lowest BCUT2D eigenvalue weighted by Crippen LogP contribution is -1.98. The van der Waals surface area contributed by atoms with E-state index in [1.807, 2.05) is 0 Å². The second-order valence-corrected chi connectivity index (χ2v) is 5.49. The van der Waals surface area contributed by atoms with E-state index >= 15 is 0 Å². The molecule has 1 atom stereocenters. The molecule has 0 fully saturated rings. The van der Waals surface area contributed by atoms with Crippen molar-refractivity contribution in [3.8, 4) is 0 Å². The zero-order valence-electron chi connectivity index (χ0n) is 9.20. The second kappa shape index (κ2) is 5.59. The van der Waals surface area contributed by atoms with Crippen LogP contribution in [0.15, 0.2) is 47.4 Å². The fraction of sp³-hybridized carbons (Fsp3) is 0.0769. The number of hydrogen-bond acceptors (Lipinski definition) is 1. The largest absolute Gasteiger partial charge is 0.254 e. The molecular weight excluding hydrogens is 278 g/mol. The Hall–Kier alpha value is -1.26. The zero-order valence-corrected chi connectivity index (χ0v) is 10.8. The highest BCUT2D eigenvalue weighted by molar-refractivity contribution is 7.84. The molecule has 5 heteroatoms. The number of hydrogen-bond donors (Lipinski definition) is 0. The molecule has 0 saturated heterocycles. The monoisotopic (exact) mass is 286 g/mol. The van der Waals surface area contributed by atoms with Crippen molar-refractivity contribution in [1.82, 2.24) is 0 Å². The lowest BCUT2D eigenvalue weighted by Gasteiger charge is -2.05. The highest BCUT2D eigenvalue weighted by Gasteiger charge is 2.10. The van der Waals surface area contributed by atoms with Crippen LogP contribution in [0.5, 0.6) is 0 Å². The van der Waals surface area contributed by atoms with Gasteiger partial charge in [-0.15, -0.1) is 0 Å². The van der Waals surface area contributed by atoms with E-state index in [-0.39, 0.29) is 16.6 Å². The van der Waals surface area contributed by atoms with Crippen molar-refractivity contribution in [2.24, 2.45) is 0 Å². The minimum Gasteiger partial charge on any atom is -0.254 e. The molecule has 0 aliphatic heterocycles. The van der Waals surface area contributed by atoms with Crippen LogP contribution in [0.3, 0.4) is 0 Å². The van der Waals surface area contributed by atoms with Gasteiger partial charge in [0.2, 0.25) is 0 Å². The SMILES string of the molecule is O=S(Cc1cccc(F)c1Cl)c1ccc(F)cc1. The Labute approximate surface area is 111 Å². The Balaban J connectivity index is 2.21. The number of rotatable bonds is 3. The van der Waals surface area contributed by atoms with Gasteiger partial charge in [-0.3, -0.25) is 4.21 Å². The van der Waals surface area contributed by atoms with Gasteiger partial charge in [-0.25, -0.2) is 8.78 Å². The van der Waals surface area contributed by atoms with E-state index in [9.17, 15) is 13.0 Å². The van der Waals surface area contributed by atoms with E-state index in [1.165, 1.54) is 36.4 Å². The third-order valence-electron chi connectivity index (χ3n) is 2.39. The highest BCUT2D eigenvalue weighted by atomic mass is 35.5. The van der Waals surface area contributed by atoms with Gasteiger partial charge in [-0.05, 0) is 35.9 Å². The van der Waals surface area contributed by atoms with Crippen LogP contribution in [0.4, 0.5) is 8.78 Å². The topological polar surface area (TPSA) is 17.1 Å². The molecule has 0 saturated carbocycles. The van der Waals surface area contributed by atoms with Crippen molar-refractivity contribution >= 4 is 22.4 Å². The Morgan fingerprint density at radius 2 is 1.72 bits per heavy atom. The van der Waals surface area contributed by atoms with Crippen molar-refractivity contribution in [1.29, 1.82) is 0 Å². The van der Waals surface area contributed by atoms with Crippen LogP contribution in [0.25, 0.3) is 0 Å². The van der Waals surface area contributed by atoms with Gasteiger partial charge in [-0.1, -0.05) is 23.7 Å². The van der Waals surface area contributed by atoms with Gasteiger partial charge in [0.1, 0.15) is 11.6 Å². The zero-order chi connectivity index (χ0) is 13.1. The minimum atomic E-state index is -1.38. The summed E-state index contributed by atoms with van der Waals surface area (Å²) in [7, 11) is -1.38. The van der Waals surface area contributed by atoms with Crippen LogP contribution in [-0.4, -0.2) is 4.21 Å². The summed E-state index contributed by atoms with van der Waals surface area (Å²) >= 11 is 5.78. The van der Waals surface area contributed by atoms with Gasteiger partial charge in [-0.2, -0.15) is 0 Å². The van der Waals surface area contributed by atoms with Crippen LogP contribution < -0.4 is 0 Å². The third kappa shape index (κ3) is 2.94. The van der Waals surface area contributed by atoms with Gasteiger partial charge in [0.05, 0.1) is 21.6 Å². The molecule has 0 aliphatic carbocycles. The summed E-state index contributed by atoms with van der Waals surface area (Å²) in [5.74, 6) is -0.827. The van der Waals surface area contributed by atoms with E-state index in [0.717, 1.165) is 0 Å². The first-order valence-electron chi connectivity index (χ1n) is 5.15. The fourth-order valence-corrected chi connectivity index (χ4v) is 2.87. The fourth-order valence-electron chi connectivity index (χ4n) is 1.47. The predicted octanol–water partition coefficient (Wildman–Crippen LogP) is 3.93. The van der Waals surface area contributed by atoms with Gasteiger partial charge < -0.3 is 0 Å². The van der Waals surface area contributed by atoms with Crippen LogP contribution in [0, 0.1) is 11.6 Å². The van der Waals surface area contributed by atoms with E-state index < -0.39 is 16.6 Å². The van der Waals surface area contributed by atoms with Crippen molar-refractivity contribution < 1.29 is 13.0 Å². The molecule has 0 radical (unpaired) electrons. The molecule has 0 heterocycles. The summed E-state index contributed by atoms with van der Waals surface area (Å²) in [5.41, 5.74) is 0.472. The molecule has 0 amide bonds. The summed E-state index contributed by atoms with van der Waals surface area (Å²) in [6, 6.07) is 9.73. The second-order valence-electron chi connectivity index (χ2n) is 3.66. The molecule has 1 nitrogen and oxygen atoms in total. The Morgan fingerprint density at radius 3 is 2.39 bits per heavy atom. The molecular formula is C13H9ClF2OS. The molecule has 94 valence electrons. The van der Waals surface area contributed by atoms with Crippen LogP contribution >= 0.6 is 11.6 Å². The van der Waals surface area contributed by atoms with Crippen LogP contribution in [0.1, 0.15) is 5.56 Å². The smallest absolute Gasteiger partial charge is 0.142 e. The quantitative estimate of drug-likeness (QED) is 0.836. The molecule has 0 N–H and O–H groups in total. The summed E-state index contributed by atoms with van der Waals surface area (Å²) in [6.07, 6.45) is 0. The van der Waals surface area contributed by atoms with Crippen molar-refractivity contribution in [2.75, 3.05) is 0 Å². The summed E-state index contributed by atoms with van der Waals surface area (Å²) < 4.78 is 37.9. The van der Waals surface area contributed by atoms with Crippen LogP contribution in [0.2, 0.25) is 5.02 Å². The van der Waals surface area contributed by atoms with Crippen molar-refractivity contribution in [3.05, 3.63) is 64.7 Å². The standard InChI is InChI=1S/C13H9ClF2OS/c14-13-9(2-1-3-12(13)16)8-18(17)11-6-4-10(15)5-7-11/h1-7H,8H2. The van der Waals surface area contributed by atoms with Gasteiger partial charge in [0.15, 0.2) is 0 Å². The maximum Gasteiger partial charge on any atom is 0.142 e. The van der Waals surface area contributed by atoms with E-state index in [2.05, 4.69) is 0 Å². The molecule has 18 heavy (non-hydrogen) atoms. The summed E-state index contributed by atoms with van der Waals surface area (Å²) in [5, 5.41) is -0.0204. The molecule has 0 spiro atoms. The van der Waals surface area contributed by atoms with Gasteiger partial charge in [0.25, 0.3) is 0 Å². The van der Waals surface area contributed by atoms with E-state index in [4.69, 9.17) is 11.6 Å². The van der Waals surface area contributed by atoms with Crippen molar-refractivity contribution in [2.45, 2.75) is 10.6 Å². The third-order valence-corrected chi connectivity index (χ3v) is 4.19. The van der Waals surface area contributed by atoms with Crippen LogP contribution in [-0.2, 0) is 16.6 Å². The molecule has 1 unspecified atom stereocenters. The first-order valence-corrected chi connectivity index (χ1v) is 6.84. The number of halogens is 3. The number of benzene rings is 2. The average Bonchev–Trinajstić information content (AvgIpc) is 2.36. The Morgan fingerprint density at radius 1 is 1.06 bits per heavy atom. The molecule has 2 aromatic carbocycles. The minimum absolute atomic E-state index is 0.0204. The first-order chi connectivity index (χ1) is 8.58.